The van der Waals surface area contributed by atoms with Gasteiger partial charge in [-0.3, -0.25) is 9.59 Å². The summed E-state index contributed by atoms with van der Waals surface area (Å²) in [5, 5.41) is 2.90. The molecule has 6 nitrogen and oxygen atoms in total. The lowest BCUT2D eigenvalue weighted by molar-refractivity contribution is 0.0665. The maximum absolute atomic E-state index is 13.0. The van der Waals surface area contributed by atoms with Crippen molar-refractivity contribution < 1.29 is 14.3 Å². The van der Waals surface area contributed by atoms with Crippen molar-refractivity contribution in [1.29, 1.82) is 0 Å². The van der Waals surface area contributed by atoms with Gasteiger partial charge in [-0.25, -0.2) is 0 Å². The molecule has 0 spiro atoms. The minimum absolute atomic E-state index is 0.0560. The van der Waals surface area contributed by atoms with Gasteiger partial charge in [0, 0.05) is 26.2 Å². The van der Waals surface area contributed by atoms with Crippen molar-refractivity contribution in [2.24, 2.45) is 0 Å². The third-order valence-corrected chi connectivity index (χ3v) is 4.79. The van der Waals surface area contributed by atoms with Gasteiger partial charge in [0.15, 0.2) is 0 Å². The number of amides is 2. The van der Waals surface area contributed by atoms with Crippen LogP contribution < -0.4 is 10.1 Å². The van der Waals surface area contributed by atoms with Gasteiger partial charge in [0.05, 0.1) is 23.4 Å². The van der Waals surface area contributed by atoms with Crippen LogP contribution in [0, 0.1) is 0 Å². The Hall–Kier alpha value is -2.86. The molecule has 0 atom stereocenters. The normalized spacial score (nSPS) is 14.6. The molecule has 0 unspecified atom stereocenters. The van der Waals surface area contributed by atoms with Gasteiger partial charge in [-0.1, -0.05) is 31.2 Å². The zero-order valence-electron chi connectivity index (χ0n) is 16.5. The standard InChI is InChI=1S/C22H27N3O3/c1-3-16-28-20-11-7-5-9-18(20)21(26)23-19-10-6-4-8-17(19)22(27)25-14-12-24(2)13-15-25/h4-11H,3,12-16H2,1-2H3,(H,23,26). The number of nitrogens with one attached hydrogen (secondary N) is 1. The van der Waals surface area contributed by atoms with Crippen molar-refractivity contribution in [1.82, 2.24) is 9.80 Å². The minimum Gasteiger partial charge on any atom is -0.493 e. The molecule has 1 fully saturated rings. The third-order valence-electron chi connectivity index (χ3n) is 4.79. The third kappa shape index (κ3) is 4.70. The van der Waals surface area contributed by atoms with Crippen molar-refractivity contribution in [3.05, 3.63) is 59.7 Å². The lowest BCUT2D eigenvalue weighted by Crippen LogP contribution is -2.47. The van der Waals surface area contributed by atoms with Gasteiger partial charge in [0.1, 0.15) is 5.75 Å². The van der Waals surface area contributed by atoms with Crippen LogP contribution in [0.5, 0.6) is 5.75 Å². The Morgan fingerprint density at radius 1 is 0.964 bits per heavy atom. The number of anilines is 1. The van der Waals surface area contributed by atoms with Crippen LogP contribution in [0.1, 0.15) is 34.1 Å². The first-order valence-corrected chi connectivity index (χ1v) is 9.70. The molecule has 0 aromatic heterocycles. The molecule has 2 aromatic carbocycles. The average Bonchev–Trinajstić information content (AvgIpc) is 2.73. The number of piperazine rings is 1. The maximum Gasteiger partial charge on any atom is 0.259 e. The molecule has 2 aromatic rings. The van der Waals surface area contributed by atoms with Crippen molar-refractivity contribution in [2.45, 2.75) is 13.3 Å². The van der Waals surface area contributed by atoms with Crippen LogP contribution in [-0.4, -0.2) is 61.4 Å². The largest absolute Gasteiger partial charge is 0.493 e. The SMILES string of the molecule is CCCOc1ccccc1C(=O)Nc1ccccc1C(=O)N1CCN(C)CC1. The van der Waals surface area contributed by atoms with Crippen LogP contribution in [0.25, 0.3) is 0 Å². The Morgan fingerprint density at radius 3 is 2.32 bits per heavy atom. The summed E-state index contributed by atoms with van der Waals surface area (Å²) in [6.45, 7) is 5.63. The van der Waals surface area contributed by atoms with Crippen LogP contribution >= 0.6 is 0 Å². The molecule has 1 aliphatic heterocycles. The lowest BCUT2D eigenvalue weighted by Gasteiger charge is -2.32. The number of rotatable bonds is 6. The fourth-order valence-electron chi connectivity index (χ4n) is 3.14. The van der Waals surface area contributed by atoms with Gasteiger partial charge < -0.3 is 19.9 Å². The summed E-state index contributed by atoms with van der Waals surface area (Å²) in [7, 11) is 2.05. The van der Waals surface area contributed by atoms with Crippen molar-refractivity contribution in [3.8, 4) is 5.75 Å². The number of hydrogen-bond donors (Lipinski definition) is 1. The summed E-state index contributed by atoms with van der Waals surface area (Å²) in [5.41, 5.74) is 1.48. The Labute approximate surface area is 166 Å². The van der Waals surface area contributed by atoms with E-state index in [1.165, 1.54) is 0 Å². The average molecular weight is 381 g/mol. The van der Waals surface area contributed by atoms with E-state index in [0.29, 0.717) is 42.3 Å². The van der Waals surface area contributed by atoms with E-state index in [1.807, 2.05) is 37.1 Å². The summed E-state index contributed by atoms with van der Waals surface area (Å²) in [4.78, 5) is 29.9. The molecule has 3 rings (SSSR count). The Balaban J connectivity index is 1.78. The second kappa shape index (κ2) is 9.37. The van der Waals surface area contributed by atoms with E-state index in [4.69, 9.17) is 4.74 Å². The van der Waals surface area contributed by atoms with Crippen molar-refractivity contribution in [2.75, 3.05) is 45.2 Å². The Bertz CT molecular complexity index is 829. The van der Waals surface area contributed by atoms with Gasteiger partial charge in [0.2, 0.25) is 0 Å². The molecular formula is C22H27N3O3. The molecule has 1 aliphatic rings. The monoisotopic (exact) mass is 381 g/mol. The number of nitrogens with zero attached hydrogens (tertiary/aromatic N) is 2. The second-order valence-electron chi connectivity index (χ2n) is 6.94. The van der Waals surface area contributed by atoms with E-state index < -0.39 is 0 Å². The fourth-order valence-corrected chi connectivity index (χ4v) is 3.14. The Kier molecular flexibility index (Phi) is 6.66. The number of likely N-dealkylation sites (N-methyl/N-ethyl adjacent to an activating group) is 1. The van der Waals surface area contributed by atoms with Crippen LogP contribution in [0.2, 0.25) is 0 Å². The first-order valence-electron chi connectivity index (χ1n) is 9.70. The molecule has 0 bridgehead atoms. The number of carbonyl (C=O) groups is 2. The highest BCUT2D eigenvalue weighted by molar-refractivity contribution is 6.10. The predicted molar refractivity (Wildman–Crippen MR) is 110 cm³/mol. The zero-order valence-corrected chi connectivity index (χ0v) is 16.5. The smallest absolute Gasteiger partial charge is 0.259 e. The summed E-state index contributed by atoms with van der Waals surface area (Å²) in [5.74, 6) is 0.203. The first kappa shape index (κ1) is 19.9. The topological polar surface area (TPSA) is 61.9 Å². The van der Waals surface area contributed by atoms with Crippen LogP contribution in [-0.2, 0) is 0 Å². The van der Waals surface area contributed by atoms with Gasteiger partial charge in [-0.15, -0.1) is 0 Å². The molecule has 0 aliphatic carbocycles. The maximum atomic E-state index is 13.0. The van der Waals surface area contributed by atoms with E-state index in [9.17, 15) is 9.59 Å². The molecule has 28 heavy (non-hydrogen) atoms. The van der Waals surface area contributed by atoms with Crippen LogP contribution in [0.4, 0.5) is 5.69 Å². The van der Waals surface area contributed by atoms with Gasteiger partial charge >= 0.3 is 0 Å². The molecule has 6 heteroatoms. The number of para-hydroxylation sites is 2. The fraction of sp³-hybridized carbons (Fsp3) is 0.364. The molecule has 0 radical (unpaired) electrons. The van der Waals surface area contributed by atoms with Crippen molar-refractivity contribution >= 4 is 17.5 Å². The highest BCUT2D eigenvalue weighted by atomic mass is 16.5. The highest BCUT2D eigenvalue weighted by Gasteiger charge is 2.23. The predicted octanol–water partition coefficient (Wildman–Crippen LogP) is 3.12. The zero-order chi connectivity index (χ0) is 19.9. The molecular weight excluding hydrogens is 354 g/mol. The van der Waals surface area contributed by atoms with E-state index >= 15 is 0 Å². The molecule has 0 saturated carbocycles. The van der Waals surface area contributed by atoms with E-state index in [1.54, 1.807) is 30.3 Å². The van der Waals surface area contributed by atoms with Crippen LogP contribution in [0.15, 0.2) is 48.5 Å². The molecule has 1 heterocycles. The number of carbonyl (C=O) groups excluding carboxylic acids is 2. The van der Waals surface area contributed by atoms with Gasteiger partial charge in [0.25, 0.3) is 11.8 Å². The molecule has 148 valence electrons. The van der Waals surface area contributed by atoms with E-state index in [-0.39, 0.29) is 11.8 Å². The van der Waals surface area contributed by atoms with Gasteiger partial charge in [-0.2, -0.15) is 0 Å². The molecule has 2 amide bonds. The summed E-state index contributed by atoms with van der Waals surface area (Å²) in [6.07, 6.45) is 0.859. The molecule has 1 saturated heterocycles. The Morgan fingerprint density at radius 2 is 1.61 bits per heavy atom. The highest BCUT2D eigenvalue weighted by Crippen LogP contribution is 2.23. The number of hydrogen-bond acceptors (Lipinski definition) is 4. The van der Waals surface area contributed by atoms with E-state index in [0.717, 1.165) is 19.5 Å². The van der Waals surface area contributed by atoms with E-state index in [2.05, 4.69) is 10.2 Å². The summed E-state index contributed by atoms with van der Waals surface area (Å²) in [6, 6.07) is 14.3. The molecule has 1 N–H and O–H groups in total. The quantitative estimate of drug-likeness (QED) is 0.835. The minimum atomic E-state index is -0.287. The van der Waals surface area contributed by atoms with Crippen LogP contribution in [0.3, 0.4) is 0 Å². The summed E-state index contributed by atoms with van der Waals surface area (Å²) >= 11 is 0. The number of benzene rings is 2. The van der Waals surface area contributed by atoms with Crippen molar-refractivity contribution in [3.63, 3.8) is 0 Å². The second-order valence-corrected chi connectivity index (χ2v) is 6.94. The lowest BCUT2D eigenvalue weighted by atomic mass is 10.1. The summed E-state index contributed by atoms with van der Waals surface area (Å²) < 4.78 is 5.69. The van der Waals surface area contributed by atoms with Gasteiger partial charge in [-0.05, 0) is 37.7 Å². The number of ether oxygens (including phenoxy) is 1. The first-order chi connectivity index (χ1) is 13.6.